The summed E-state index contributed by atoms with van der Waals surface area (Å²) < 4.78 is 5.65. The van der Waals surface area contributed by atoms with Gasteiger partial charge in [-0.2, -0.15) is 4.98 Å². The average molecular weight is 441 g/mol. The van der Waals surface area contributed by atoms with Crippen LogP contribution in [0.2, 0.25) is 0 Å². The Morgan fingerprint density at radius 1 is 1.25 bits per heavy atom. The van der Waals surface area contributed by atoms with Crippen LogP contribution in [0.5, 0.6) is 5.88 Å². The van der Waals surface area contributed by atoms with Gasteiger partial charge in [0.25, 0.3) is 5.91 Å². The second-order valence-corrected chi connectivity index (χ2v) is 8.41. The number of rotatable bonds is 7. The molecule has 1 amide bonds. The summed E-state index contributed by atoms with van der Waals surface area (Å²) in [5.74, 6) is 0.701. The van der Waals surface area contributed by atoms with E-state index in [2.05, 4.69) is 32.7 Å². The van der Waals surface area contributed by atoms with Gasteiger partial charge in [0.15, 0.2) is 0 Å². The van der Waals surface area contributed by atoms with Crippen LogP contribution in [0.25, 0.3) is 0 Å². The number of benzene rings is 1. The zero-order chi connectivity index (χ0) is 22.5. The Balaban J connectivity index is 1.38. The van der Waals surface area contributed by atoms with Gasteiger partial charge in [-0.25, -0.2) is 0 Å². The molecule has 172 valence electrons. The molecule has 2 aromatic rings. The standard InChI is InChI=1S/C24H32N4O4/c1-2-32-24-19(7-8-22(27-24)28-11-9-18(29)10-12-28)23(31)26-15-21(30)20-13-16-5-3-4-6-17(16)14-25-20/h3-8,18,20-21,25,29-30H,2,9-15H2,1H3,(H,26,31)/t20-,21+/m0/s1. The number of hydrogen-bond acceptors (Lipinski definition) is 7. The summed E-state index contributed by atoms with van der Waals surface area (Å²) in [6, 6.07) is 11.6. The van der Waals surface area contributed by atoms with Crippen LogP contribution in [0.1, 0.15) is 41.3 Å². The van der Waals surface area contributed by atoms with Crippen molar-refractivity contribution in [1.82, 2.24) is 15.6 Å². The number of anilines is 1. The fourth-order valence-corrected chi connectivity index (χ4v) is 4.31. The van der Waals surface area contributed by atoms with Crippen molar-refractivity contribution in [3.63, 3.8) is 0 Å². The maximum atomic E-state index is 12.8. The highest BCUT2D eigenvalue weighted by atomic mass is 16.5. The Labute approximate surface area is 188 Å². The molecule has 0 bridgehead atoms. The first-order valence-electron chi connectivity index (χ1n) is 11.4. The van der Waals surface area contributed by atoms with Crippen molar-refractivity contribution < 1.29 is 19.7 Å². The molecular formula is C24H32N4O4. The number of piperidine rings is 1. The first-order chi connectivity index (χ1) is 15.5. The molecule has 3 heterocycles. The molecule has 1 saturated heterocycles. The number of aliphatic hydroxyl groups is 2. The molecule has 0 unspecified atom stereocenters. The number of aromatic nitrogens is 1. The number of carbonyl (C=O) groups excluding carboxylic acids is 1. The number of pyridine rings is 1. The van der Waals surface area contributed by atoms with Crippen molar-refractivity contribution in [3.8, 4) is 5.88 Å². The van der Waals surface area contributed by atoms with Crippen molar-refractivity contribution in [2.75, 3.05) is 31.1 Å². The Bertz CT molecular complexity index is 930. The molecule has 1 aromatic heterocycles. The van der Waals surface area contributed by atoms with Gasteiger partial charge >= 0.3 is 0 Å². The molecule has 1 aromatic carbocycles. The highest BCUT2D eigenvalue weighted by molar-refractivity contribution is 5.96. The molecule has 2 aliphatic heterocycles. The molecule has 0 saturated carbocycles. The molecule has 8 nitrogen and oxygen atoms in total. The van der Waals surface area contributed by atoms with E-state index in [9.17, 15) is 15.0 Å². The van der Waals surface area contributed by atoms with Crippen LogP contribution >= 0.6 is 0 Å². The van der Waals surface area contributed by atoms with Crippen molar-refractivity contribution in [2.24, 2.45) is 0 Å². The number of aliphatic hydroxyl groups excluding tert-OH is 2. The number of nitrogens with one attached hydrogen (secondary N) is 2. The van der Waals surface area contributed by atoms with Gasteiger partial charge in [-0.05, 0) is 49.4 Å². The fraction of sp³-hybridized carbons (Fsp3) is 0.500. The van der Waals surface area contributed by atoms with Crippen molar-refractivity contribution in [1.29, 1.82) is 0 Å². The van der Waals surface area contributed by atoms with E-state index >= 15 is 0 Å². The number of ether oxygens (including phenoxy) is 1. The van der Waals surface area contributed by atoms with Crippen LogP contribution in [0.4, 0.5) is 5.82 Å². The first-order valence-corrected chi connectivity index (χ1v) is 11.4. The quantitative estimate of drug-likeness (QED) is 0.513. The maximum Gasteiger partial charge on any atom is 0.256 e. The minimum atomic E-state index is -0.713. The normalized spacial score (nSPS) is 19.8. The summed E-state index contributed by atoms with van der Waals surface area (Å²) in [7, 11) is 0. The third kappa shape index (κ3) is 5.20. The minimum absolute atomic E-state index is 0.119. The van der Waals surface area contributed by atoms with E-state index in [0.29, 0.717) is 31.6 Å². The molecule has 0 spiro atoms. The van der Waals surface area contributed by atoms with Crippen LogP contribution < -0.4 is 20.3 Å². The van der Waals surface area contributed by atoms with Gasteiger partial charge in [0.2, 0.25) is 5.88 Å². The lowest BCUT2D eigenvalue weighted by Crippen LogP contribution is -2.49. The second-order valence-electron chi connectivity index (χ2n) is 8.41. The smallest absolute Gasteiger partial charge is 0.256 e. The van der Waals surface area contributed by atoms with E-state index in [1.165, 1.54) is 11.1 Å². The van der Waals surface area contributed by atoms with Crippen LogP contribution in [0.3, 0.4) is 0 Å². The van der Waals surface area contributed by atoms with Gasteiger partial charge in [0.1, 0.15) is 11.4 Å². The van der Waals surface area contributed by atoms with Crippen LogP contribution in [0, 0.1) is 0 Å². The van der Waals surface area contributed by atoms with Crippen LogP contribution in [0.15, 0.2) is 36.4 Å². The molecule has 0 radical (unpaired) electrons. The lowest BCUT2D eigenvalue weighted by molar-refractivity contribution is 0.0866. The highest BCUT2D eigenvalue weighted by Gasteiger charge is 2.26. The summed E-state index contributed by atoms with van der Waals surface area (Å²) in [6.07, 6.45) is 1.14. The van der Waals surface area contributed by atoms with Crippen molar-refractivity contribution in [3.05, 3.63) is 53.1 Å². The topological polar surface area (TPSA) is 107 Å². The van der Waals surface area contributed by atoms with Gasteiger partial charge in [-0.1, -0.05) is 24.3 Å². The number of nitrogens with zero attached hydrogens (tertiary/aromatic N) is 2. The van der Waals surface area contributed by atoms with Crippen molar-refractivity contribution in [2.45, 2.75) is 51.0 Å². The van der Waals surface area contributed by atoms with Gasteiger partial charge in [0, 0.05) is 32.2 Å². The fourth-order valence-electron chi connectivity index (χ4n) is 4.31. The van der Waals surface area contributed by atoms with Gasteiger partial charge in [-0.15, -0.1) is 0 Å². The van der Waals surface area contributed by atoms with E-state index in [0.717, 1.165) is 25.3 Å². The molecule has 2 atom stereocenters. The Kier molecular flexibility index (Phi) is 7.24. The lowest BCUT2D eigenvalue weighted by atomic mass is 9.93. The number of fused-ring (bicyclic) bond motifs is 1. The molecule has 8 heteroatoms. The maximum absolute atomic E-state index is 12.8. The number of hydrogen-bond donors (Lipinski definition) is 4. The second kappa shape index (κ2) is 10.3. The van der Waals surface area contributed by atoms with Gasteiger partial charge < -0.3 is 30.5 Å². The van der Waals surface area contributed by atoms with Gasteiger partial charge in [-0.3, -0.25) is 4.79 Å². The molecule has 32 heavy (non-hydrogen) atoms. The number of carbonyl (C=O) groups is 1. The van der Waals surface area contributed by atoms with E-state index in [1.807, 2.05) is 25.1 Å². The summed E-state index contributed by atoms with van der Waals surface area (Å²) in [5.41, 5.74) is 2.82. The third-order valence-electron chi connectivity index (χ3n) is 6.21. The number of amides is 1. The lowest BCUT2D eigenvalue weighted by Gasteiger charge is -2.31. The predicted octanol–water partition coefficient (Wildman–Crippen LogP) is 1.25. The summed E-state index contributed by atoms with van der Waals surface area (Å²) in [6.45, 7) is 4.52. The third-order valence-corrected chi connectivity index (χ3v) is 6.21. The zero-order valence-corrected chi connectivity index (χ0v) is 18.5. The van der Waals surface area contributed by atoms with E-state index < -0.39 is 6.10 Å². The molecular weight excluding hydrogens is 408 g/mol. The monoisotopic (exact) mass is 440 g/mol. The molecule has 4 N–H and O–H groups in total. The molecule has 0 aliphatic carbocycles. The molecule has 4 rings (SSSR count). The first kappa shape index (κ1) is 22.5. The van der Waals surface area contributed by atoms with Crippen LogP contribution in [-0.4, -0.2) is 65.6 Å². The SMILES string of the molecule is CCOc1nc(N2CCC(O)CC2)ccc1C(=O)NC[C@@H](O)[C@@H]1Cc2ccccc2CN1. The summed E-state index contributed by atoms with van der Waals surface area (Å²) in [4.78, 5) is 19.5. The minimum Gasteiger partial charge on any atom is -0.477 e. The summed E-state index contributed by atoms with van der Waals surface area (Å²) in [5, 5.41) is 26.6. The molecule has 1 fully saturated rings. The largest absolute Gasteiger partial charge is 0.477 e. The molecule has 2 aliphatic rings. The van der Waals surface area contributed by atoms with Crippen LogP contribution in [-0.2, 0) is 13.0 Å². The Morgan fingerprint density at radius 2 is 2.00 bits per heavy atom. The Morgan fingerprint density at radius 3 is 2.75 bits per heavy atom. The predicted molar refractivity (Wildman–Crippen MR) is 122 cm³/mol. The van der Waals surface area contributed by atoms with E-state index in [-0.39, 0.29) is 30.5 Å². The van der Waals surface area contributed by atoms with Crippen molar-refractivity contribution >= 4 is 11.7 Å². The van der Waals surface area contributed by atoms with Gasteiger partial charge in [0.05, 0.1) is 18.8 Å². The van der Waals surface area contributed by atoms with E-state index in [1.54, 1.807) is 6.07 Å². The summed E-state index contributed by atoms with van der Waals surface area (Å²) >= 11 is 0. The average Bonchev–Trinajstić information content (AvgIpc) is 2.82. The highest BCUT2D eigenvalue weighted by Crippen LogP contribution is 2.24. The van der Waals surface area contributed by atoms with E-state index in [4.69, 9.17) is 4.74 Å². The Hall–Kier alpha value is -2.68. The zero-order valence-electron chi connectivity index (χ0n) is 18.5.